The van der Waals surface area contributed by atoms with Gasteiger partial charge in [0.25, 0.3) is 0 Å². The minimum atomic E-state index is -3.05. The van der Waals surface area contributed by atoms with E-state index in [4.69, 9.17) is 23.2 Å². The van der Waals surface area contributed by atoms with Gasteiger partial charge in [0.15, 0.2) is 9.84 Å². The molecule has 0 bridgehead atoms. The average molecular weight is 386 g/mol. The highest BCUT2D eigenvalue weighted by molar-refractivity contribution is 7.89. The van der Waals surface area contributed by atoms with Crippen molar-refractivity contribution in [3.63, 3.8) is 0 Å². The molecule has 0 aliphatic rings. The lowest BCUT2D eigenvalue weighted by Gasteiger charge is -2.09. The second kappa shape index (κ2) is 8.01. The van der Waals surface area contributed by atoms with Crippen LogP contribution < -0.4 is 5.32 Å². The van der Waals surface area contributed by atoms with Crippen molar-refractivity contribution in [3.8, 4) is 0 Å². The maximum atomic E-state index is 12.0. The molecule has 0 aliphatic carbocycles. The molecule has 0 fully saturated rings. The third kappa shape index (κ3) is 5.82. The summed E-state index contributed by atoms with van der Waals surface area (Å²) in [5.74, 6) is -0.185. The lowest BCUT2D eigenvalue weighted by Crippen LogP contribution is -2.24. The number of benzene rings is 2. The van der Waals surface area contributed by atoms with Crippen LogP contribution in [0.5, 0.6) is 0 Å². The molecule has 0 heterocycles. The third-order valence-corrected chi connectivity index (χ3v) is 4.91. The van der Waals surface area contributed by atoms with Crippen molar-refractivity contribution < 1.29 is 13.2 Å². The first kappa shape index (κ1) is 18.8. The fourth-order valence-electron chi connectivity index (χ4n) is 2.18. The van der Waals surface area contributed by atoms with Gasteiger partial charge in [0, 0.05) is 22.8 Å². The third-order valence-electron chi connectivity index (χ3n) is 3.34. The van der Waals surface area contributed by atoms with Crippen LogP contribution in [0.1, 0.15) is 16.7 Å². The van der Waals surface area contributed by atoms with E-state index in [1.807, 2.05) is 0 Å². The van der Waals surface area contributed by atoms with Crippen molar-refractivity contribution >= 4 is 38.9 Å². The molecule has 24 heavy (non-hydrogen) atoms. The lowest BCUT2D eigenvalue weighted by atomic mass is 10.1. The summed E-state index contributed by atoms with van der Waals surface area (Å²) in [6.07, 6.45) is 1.30. The Bertz CT molecular complexity index is 813. The van der Waals surface area contributed by atoms with Crippen LogP contribution in [0.4, 0.5) is 0 Å². The normalized spacial score (nSPS) is 11.3. The fraction of sp³-hybridized carbons (Fsp3) is 0.235. The molecule has 2 aromatic rings. The van der Waals surface area contributed by atoms with Gasteiger partial charge in [0.2, 0.25) is 5.91 Å². The van der Waals surface area contributed by atoms with Crippen LogP contribution in [-0.4, -0.2) is 20.6 Å². The monoisotopic (exact) mass is 385 g/mol. The number of hydrogen-bond donors (Lipinski definition) is 1. The van der Waals surface area contributed by atoms with Gasteiger partial charge in [-0.1, -0.05) is 53.5 Å². The molecule has 0 aliphatic heterocycles. The summed E-state index contributed by atoms with van der Waals surface area (Å²) >= 11 is 12.1. The first-order valence-corrected chi connectivity index (χ1v) is 10.0. The zero-order valence-electron chi connectivity index (χ0n) is 13.1. The van der Waals surface area contributed by atoms with Gasteiger partial charge in [0.05, 0.1) is 12.2 Å². The van der Waals surface area contributed by atoms with Gasteiger partial charge < -0.3 is 5.32 Å². The Morgan fingerprint density at radius 2 is 1.54 bits per heavy atom. The van der Waals surface area contributed by atoms with E-state index in [1.54, 1.807) is 42.5 Å². The number of halogens is 2. The molecule has 0 unspecified atom stereocenters. The quantitative estimate of drug-likeness (QED) is 0.828. The number of sulfone groups is 1. The van der Waals surface area contributed by atoms with Gasteiger partial charge in [-0.3, -0.25) is 4.79 Å². The lowest BCUT2D eigenvalue weighted by molar-refractivity contribution is -0.120. The predicted octanol–water partition coefficient (Wildman–Crippen LogP) is 3.40. The zero-order chi connectivity index (χ0) is 17.7. The Morgan fingerprint density at radius 3 is 2.08 bits per heavy atom. The number of carbonyl (C=O) groups is 1. The van der Waals surface area contributed by atoms with Gasteiger partial charge in [-0.25, -0.2) is 8.42 Å². The van der Waals surface area contributed by atoms with E-state index in [0.29, 0.717) is 22.2 Å². The van der Waals surface area contributed by atoms with Gasteiger partial charge in [-0.2, -0.15) is 0 Å². The molecule has 1 N–H and O–H groups in total. The molecule has 0 spiro atoms. The van der Waals surface area contributed by atoms with Gasteiger partial charge in [-0.05, 0) is 28.8 Å². The van der Waals surface area contributed by atoms with E-state index in [0.717, 1.165) is 11.1 Å². The molecule has 1 amide bonds. The minimum Gasteiger partial charge on any atom is -0.352 e. The summed E-state index contributed by atoms with van der Waals surface area (Å²) in [5.41, 5.74) is 2.20. The maximum Gasteiger partial charge on any atom is 0.224 e. The van der Waals surface area contributed by atoms with Crippen molar-refractivity contribution in [1.82, 2.24) is 5.32 Å². The van der Waals surface area contributed by atoms with E-state index in [2.05, 4.69) is 5.32 Å². The van der Waals surface area contributed by atoms with Crippen LogP contribution in [0.15, 0.2) is 42.5 Å². The Hall–Kier alpha value is -1.56. The molecular weight excluding hydrogens is 369 g/mol. The zero-order valence-corrected chi connectivity index (χ0v) is 15.4. The molecule has 2 aromatic carbocycles. The topological polar surface area (TPSA) is 63.2 Å². The van der Waals surface area contributed by atoms with Gasteiger partial charge in [0.1, 0.15) is 0 Å². The van der Waals surface area contributed by atoms with Crippen LogP contribution in [-0.2, 0) is 33.4 Å². The Balaban J connectivity index is 1.92. The first-order valence-electron chi connectivity index (χ1n) is 7.20. The van der Waals surface area contributed by atoms with Crippen LogP contribution in [0, 0.1) is 0 Å². The molecule has 128 valence electrons. The summed E-state index contributed by atoms with van der Waals surface area (Å²) in [6.45, 7) is 0.347. The summed E-state index contributed by atoms with van der Waals surface area (Å²) in [7, 11) is -3.05. The van der Waals surface area contributed by atoms with E-state index >= 15 is 0 Å². The standard InChI is InChI=1S/C17H17Cl2NO3S/c1-24(22,23)11-13-7-5-12(6-8-13)10-20-17(21)9-14-15(18)3-2-4-16(14)19/h2-8H,9-11H2,1H3,(H,20,21). The highest BCUT2D eigenvalue weighted by Gasteiger charge is 2.10. The SMILES string of the molecule is CS(=O)(=O)Cc1ccc(CNC(=O)Cc2c(Cl)cccc2Cl)cc1. The highest BCUT2D eigenvalue weighted by atomic mass is 35.5. The molecule has 4 nitrogen and oxygen atoms in total. The van der Waals surface area contributed by atoms with Crippen LogP contribution >= 0.6 is 23.2 Å². The Kier molecular flexibility index (Phi) is 6.27. The average Bonchev–Trinajstić information content (AvgIpc) is 2.49. The molecule has 0 radical (unpaired) electrons. The van der Waals surface area contributed by atoms with Crippen molar-refractivity contribution in [2.45, 2.75) is 18.7 Å². The summed E-state index contributed by atoms with van der Waals surface area (Å²) in [5, 5.41) is 3.72. The molecule has 0 aromatic heterocycles. The number of rotatable bonds is 6. The Labute approximate surface area is 151 Å². The number of amides is 1. The molecule has 0 saturated carbocycles. The van der Waals surface area contributed by atoms with Crippen molar-refractivity contribution in [1.29, 1.82) is 0 Å². The van der Waals surface area contributed by atoms with Crippen molar-refractivity contribution in [2.75, 3.05) is 6.26 Å². The number of hydrogen-bond acceptors (Lipinski definition) is 3. The van der Waals surface area contributed by atoms with Crippen molar-refractivity contribution in [2.24, 2.45) is 0 Å². The first-order chi connectivity index (χ1) is 11.2. The van der Waals surface area contributed by atoms with Crippen LogP contribution in [0.2, 0.25) is 10.0 Å². The van der Waals surface area contributed by atoms with Crippen molar-refractivity contribution in [3.05, 3.63) is 69.2 Å². The summed E-state index contributed by atoms with van der Waals surface area (Å²) < 4.78 is 22.5. The molecule has 0 saturated heterocycles. The van der Waals surface area contributed by atoms with Gasteiger partial charge in [-0.15, -0.1) is 0 Å². The van der Waals surface area contributed by atoms with E-state index in [1.165, 1.54) is 6.26 Å². The van der Waals surface area contributed by atoms with Crippen LogP contribution in [0.3, 0.4) is 0 Å². The highest BCUT2D eigenvalue weighted by Crippen LogP contribution is 2.24. The smallest absolute Gasteiger partial charge is 0.224 e. The number of carbonyl (C=O) groups excluding carboxylic acids is 1. The van der Waals surface area contributed by atoms with E-state index in [9.17, 15) is 13.2 Å². The second-order valence-electron chi connectivity index (χ2n) is 5.54. The summed E-state index contributed by atoms with van der Waals surface area (Å²) in [6, 6.07) is 12.2. The Morgan fingerprint density at radius 1 is 1.00 bits per heavy atom. The maximum absolute atomic E-state index is 12.0. The largest absolute Gasteiger partial charge is 0.352 e. The summed E-state index contributed by atoms with van der Waals surface area (Å²) in [4.78, 5) is 12.0. The van der Waals surface area contributed by atoms with E-state index < -0.39 is 9.84 Å². The predicted molar refractivity (Wildman–Crippen MR) is 97.0 cm³/mol. The number of nitrogens with one attached hydrogen (secondary N) is 1. The molecule has 7 heteroatoms. The molecule has 0 atom stereocenters. The minimum absolute atomic E-state index is 0.00461. The van der Waals surface area contributed by atoms with Gasteiger partial charge >= 0.3 is 0 Å². The van der Waals surface area contributed by atoms with Crippen LogP contribution in [0.25, 0.3) is 0 Å². The second-order valence-corrected chi connectivity index (χ2v) is 8.49. The molecule has 2 rings (SSSR count). The fourth-order valence-corrected chi connectivity index (χ4v) is 3.51. The molecular formula is C17H17Cl2NO3S. The van der Waals surface area contributed by atoms with E-state index in [-0.39, 0.29) is 18.1 Å².